The molecule has 0 spiro atoms. The lowest BCUT2D eigenvalue weighted by atomic mass is 9.93. The van der Waals surface area contributed by atoms with E-state index in [1.807, 2.05) is 13.8 Å². The number of nitrogens with one attached hydrogen (secondary N) is 1. The van der Waals surface area contributed by atoms with Crippen LogP contribution < -0.4 is 29.0 Å². The number of amides is 1. The fourth-order valence-corrected chi connectivity index (χ4v) is 16.3. The molecule has 73 heavy (non-hydrogen) atoms. The minimum absolute atomic E-state index is 0.0698. The van der Waals surface area contributed by atoms with Crippen LogP contribution in [0.25, 0.3) is 10.8 Å². The van der Waals surface area contributed by atoms with Gasteiger partial charge in [0.25, 0.3) is 5.91 Å². The SMILES string of the molecule is COCOc1cc2cc(OC(C)C)c(OC)c(OC)c2cc1C(=O)N[C@@H]1CC(=O)OC[C@@H](O[Si](C(C)C)(C(C)C)C(C)C)[C@]2(O)C#C/C(Br)=C\[C@H](Oc3ccc1nc3Cl)[C@@H](O[Si](C)(C)C(C)(C)C)C#CC#CC2. The fourth-order valence-electron chi connectivity index (χ4n) is 8.94. The Kier molecular flexibility index (Phi) is 20.0. The molecule has 0 saturated heterocycles. The van der Waals surface area contributed by atoms with Gasteiger partial charge in [0.15, 0.2) is 49.2 Å². The van der Waals surface area contributed by atoms with Crippen LogP contribution in [-0.2, 0) is 23.1 Å². The van der Waals surface area contributed by atoms with E-state index in [2.05, 4.69) is 132 Å². The summed E-state index contributed by atoms with van der Waals surface area (Å²) in [5.74, 6) is 18.3. The molecule has 2 aliphatic heterocycles. The molecular weight excluding hydrogens is 1050 g/mol. The highest BCUT2D eigenvalue weighted by atomic mass is 79.9. The van der Waals surface area contributed by atoms with Gasteiger partial charge in [0, 0.05) is 12.5 Å². The maximum Gasteiger partial charge on any atom is 0.308 e. The van der Waals surface area contributed by atoms with Crippen molar-refractivity contribution < 1.29 is 56.7 Å². The minimum Gasteiger partial charge on any atom is -0.492 e. The summed E-state index contributed by atoms with van der Waals surface area (Å²) in [6.07, 6.45) is -2.11. The van der Waals surface area contributed by atoms with Crippen molar-refractivity contribution in [3.8, 4) is 64.3 Å². The van der Waals surface area contributed by atoms with Crippen molar-refractivity contribution in [2.45, 2.75) is 160 Å². The molecule has 4 bridgehead atoms. The van der Waals surface area contributed by atoms with E-state index in [1.165, 1.54) is 21.3 Å². The number of fused-ring (bicyclic) bond motifs is 8. The van der Waals surface area contributed by atoms with E-state index in [0.717, 1.165) is 0 Å². The molecule has 18 heteroatoms. The number of aromatic nitrogens is 1. The molecule has 6 rings (SSSR count). The third kappa shape index (κ3) is 14.0. The summed E-state index contributed by atoms with van der Waals surface area (Å²) < 4.78 is 56.3. The largest absolute Gasteiger partial charge is 0.492 e. The maximum absolute atomic E-state index is 14.9. The number of carbonyl (C=O) groups excluding carboxylic acids is 2. The van der Waals surface area contributed by atoms with Crippen LogP contribution in [0.4, 0.5) is 0 Å². The molecule has 3 heterocycles. The third-order valence-electron chi connectivity index (χ3n) is 13.5. The summed E-state index contributed by atoms with van der Waals surface area (Å²) in [5, 5.41) is 16.7. The molecule has 1 aromatic heterocycles. The maximum atomic E-state index is 14.9. The quantitative estimate of drug-likeness (QED) is 0.0459. The van der Waals surface area contributed by atoms with Gasteiger partial charge in [0.1, 0.15) is 24.6 Å². The molecule has 1 aliphatic carbocycles. The van der Waals surface area contributed by atoms with Crippen LogP contribution in [0.1, 0.15) is 111 Å². The van der Waals surface area contributed by atoms with Gasteiger partial charge in [-0.15, -0.1) is 0 Å². The minimum atomic E-state index is -2.82. The summed E-state index contributed by atoms with van der Waals surface area (Å²) in [7, 11) is -0.886. The van der Waals surface area contributed by atoms with E-state index in [9.17, 15) is 14.7 Å². The number of benzene rings is 2. The topological polar surface area (TPSA) is 162 Å². The summed E-state index contributed by atoms with van der Waals surface area (Å²) >= 11 is 10.7. The molecule has 14 nitrogen and oxygen atoms in total. The molecule has 1 amide bonds. The van der Waals surface area contributed by atoms with Gasteiger partial charge in [0.2, 0.25) is 14.1 Å². The number of esters is 1. The Hall–Kier alpha value is -4.75. The summed E-state index contributed by atoms with van der Waals surface area (Å²) in [4.78, 5) is 34.0. The van der Waals surface area contributed by atoms with Crippen molar-refractivity contribution in [3.63, 3.8) is 0 Å². The Bertz CT molecular complexity index is 2700. The van der Waals surface area contributed by atoms with Crippen molar-refractivity contribution in [1.29, 1.82) is 0 Å². The zero-order valence-electron chi connectivity index (χ0n) is 45.1. The van der Waals surface area contributed by atoms with E-state index < -0.39 is 71.5 Å². The molecule has 2 aromatic carbocycles. The van der Waals surface area contributed by atoms with Crippen LogP contribution in [-0.4, -0.2) is 103 Å². The highest BCUT2D eigenvalue weighted by Gasteiger charge is 2.51. The number of ether oxygens (including phenoxy) is 7. The van der Waals surface area contributed by atoms with Gasteiger partial charge in [-0.3, -0.25) is 9.59 Å². The van der Waals surface area contributed by atoms with Gasteiger partial charge in [-0.05, 0) is 118 Å². The molecule has 0 fully saturated rings. The summed E-state index contributed by atoms with van der Waals surface area (Å²) in [6.45, 7) is 26.5. The lowest BCUT2D eigenvalue weighted by molar-refractivity contribution is -0.150. The van der Waals surface area contributed by atoms with Crippen molar-refractivity contribution in [2.75, 3.05) is 34.7 Å². The molecular formula is C55H72BrClN2O12Si2. The van der Waals surface area contributed by atoms with Crippen LogP contribution in [0.2, 0.25) is 39.9 Å². The highest BCUT2D eigenvalue weighted by molar-refractivity contribution is 9.12. The molecule has 396 valence electrons. The van der Waals surface area contributed by atoms with Crippen LogP contribution >= 0.6 is 27.5 Å². The highest BCUT2D eigenvalue weighted by Crippen LogP contribution is 2.47. The lowest BCUT2D eigenvalue weighted by Crippen LogP contribution is -2.57. The second kappa shape index (κ2) is 24.7. The molecule has 0 unspecified atom stereocenters. The van der Waals surface area contributed by atoms with Gasteiger partial charge in [-0.25, -0.2) is 4.98 Å². The average molecular weight is 1120 g/mol. The number of allylic oxidation sites excluding steroid dienone is 1. The monoisotopic (exact) mass is 1120 g/mol. The first-order valence-corrected chi connectivity index (χ1v) is 30.7. The average Bonchev–Trinajstić information content (AvgIpc) is 3.30. The Morgan fingerprint density at radius 3 is 2.22 bits per heavy atom. The second-order valence-electron chi connectivity index (χ2n) is 20.9. The predicted molar refractivity (Wildman–Crippen MR) is 293 cm³/mol. The first-order chi connectivity index (χ1) is 34.2. The van der Waals surface area contributed by atoms with Gasteiger partial charge < -0.3 is 52.4 Å². The Morgan fingerprint density at radius 2 is 1.63 bits per heavy atom. The Labute approximate surface area is 447 Å². The number of hydrogen-bond acceptors (Lipinski definition) is 13. The van der Waals surface area contributed by atoms with Crippen LogP contribution in [0.15, 0.2) is 40.9 Å². The number of methoxy groups -OCH3 is 3. The number of rotatable bonds is 16. The normalized spacial score (nSPS) is 21.4. The van der Waals surface area contributed by atoms with E-state index in [-0.39, 0.29) is 68.9 Å². The zero-order valence-corrected chi connectivity index (χ0v) is 49.4. The van der Waals surface area contributed by atoms with Crippen molar-refractivity contribution in [2.24, 2.45) is 0 Å². The Morgan fingerprint density at radius 1 is 0.973 bits per heavy atom. The van der Waals surface area contributed by atoms with Gasteiger partial charge in [0.05, 0.1) is 54.9 Å². The fraction of sp³-hybridized carbons (Fsp3) is 0.545. The zero-order chi connectivity index (χ0) is 54.2. The lowest BCUT2D eigenvalue weighted by Gasteiger charge is -2.46. The van der Waals surface area contributed by atoms with Gasteiger partial charge in [-0.2, -0.15) is 0 Å². The number of pyridine rings is 1. The van der Waals surface area contributed by atoms with Crippen molar-refractivity contribution in [1.82, 2.24) is 10.3 Å². The number of hydrogen-bond donors (Lipinski definition) is 2. The third-order valence-corrected chi connectivity index (χ3v) is 24.8. The molecule has 3 aromatic rings. The van der Waals surface area contributed by atoms with E-state index in [4.69, 9.17) is 58.6 Å². The van der Waals surface area contributed by atoms with Gasteiger partial charge >= 0.3 is 5.97 Å². The molecule has 0 saturated carbocycles. The standard InChI is InChI=1S/C55H72BrClN2O12Si2/c1-33(2)68-47-27-37-26-45(67-32-63-12)40(29-39(37)50(64-13)51(47)65-14)53(61)59-42-30-49(60)66-31-48(71-73(34(3)4,35(5)6)36(7)8)55(62)24-19-17-18-20-43(70-72(15,16)54(9,10)11)46(28-38(56)23-25-55)69-44-22-21-41(42)58-52(44)57/h21-22,26-29,33-36,42-43,46,48,62H,24,30-32H2,1-16H3,(H,59,61)/b38-28+/t42-,43+,46+,48-,55-/m1/s1. The smallest absolute Gasteiger partial charge is 0.308 e. The van der Waals surface area contributed by atoms with Crippen LogP contribution in [0, 0.1) is 35.5 Å². The second-order valence-corrected chi connectivity index (χ2v) is 32.3. The Balaban J connectivity index is 1.73. The molecule has 5 atom stereocenters. The van der Waals surface area contributed by atoms with Crippen molar-refractivity contribution in [3.05, 3.63) is 57.3 Å². The molecule has 3 aliphatic rings. The van der Waals surface area contributed by atoms with Gasteiger partial charge in [-0.1, -0.05) is 97.6 Å². The number of carbonyl (C=O) groups is 2. The van der Waals surface area contributed by atoms with E-state index >= 15 is 0 Å². The van der Waals surface area contributed by atoms with Crippen LogP contribution in [0.5, 0.6) is 28.7 Å². The molecule has 0 radical (unpaired) electrons. The number of aliphatic hydroxyl groups is 1. The first-order valence-electron chi connectivity index (χ1n) is 24.5. The number of halogens is 2. The molecule has 2 N–H and O–H groups in total. The first kappa shape index (κ1) is 59.1. The van der Waals surface area contributed by atoms with Crippen molar-refractivity contribution >= 4 is 66.8 Å². The van der Waals surface area contributed by atoms with Crippen LogP contribution in [0.3, 0.4) is 0 Å². The van der Waals surface area contributed by atoms with E-state index in [1.54, 1.807) is 36.4 Å². The predicted octanol–water partition coefficient (Wildman–Crippen LogP) is 11.2. The summed E-state index contributed by atoms with van der Waals surface area (Å²) in [6, 6.07) is 7.10. The van der Waals surface area contributed by atoms with E-state index in [0.29, 0.717) is 32.5 Å². The number of nitrogens with zero attached hydrogens (tertiary/aromatic N) is 1. The summed E-state index contributed by atoms with van der Waals surface area (Å²) in [5.41, 5.74) is -1.47.